The van der Waals surface area contributed by atoms with E-state index < -0.39 is 0 Å². The molecule has 2 heterocycles. The Kier molecular flexibility index (Phi) is 2.89. The van der Waals surface area contributed by atoms with Crippen molar-refractivity contribution in [1.29, 1.82) is 0 Å². The van der Waals surface area contributed by atoms with Gasteiger partial charge in [0.05, 0.1) is 6.04 Å². The van der Waals surface area contributed by atoms with E-state index in [1.807, 2.05) is 12.4 Å². The zero-order chi connectivity index (χ0) is 15.2. The SMILES string of the molecule is C[C@@H]1N=C(N)O[C@@]12CCc1c(cccc1-c1cncnc1)C2. The maximum absolute atomic E-state index is 5.91. The third-order valence-corrected chi connectivity index (χ3v) is 4.82. The number of amidine groups is 1. The van der Waals surface area contributed by atoms with Crippen LogP contribution in [0.3, 0.4) is 0 Å². The predicted molar refractivity (Wildman–Crippen MR) is 84.4 cm³/mol. The Morgan fingerprint density at radius 2 is 2.09 bits per heavy atom. The summed E-state index contributed by atoms with van der Waals surface area (Å²) in [5.41, 5.74) is 10.5. The third-order valence-electron chi connectivity index (χ3n) is 4.82. The number of hydrogen-bond acceptors (Lipinski definition) is 5. The van der Waals surface area contributed by atoms with E-state index >= 15 is 0 Å². The first-order valence-electron chi connectivity index (χ1n) is 7.56. The summed E-state index contributed by atoms with van der Waals surface area (Å²) >= 11 is 0. The van der Waals surface area contributed by atoms with Crippen molar-refractivity contribution >= 4 is 6.02 Å². The molecule has 0 radical (unpaired) electrons. The summed E-state index contributed by atoms with van der Waals surface area (Å²) in [4.78, 5) is 12.6. The largest absolute Gasteiger partial charge is 0.456 e. The van der Waals surface area contributed by atoms with Gasteiger partial charge in [0.2, 0.25) is 0 Å². The van der Waals surface area contributed by atoms with Crippen molar-refractivity contribution in [2.24, 2.45) is 10.7 Å². The summed E-state index contributed by atoms with van der Waals surface area (Å²) in [6.07, 6.45) is 8.01. The van der Waals surface area contributed by atoms with Crippen molar-refractivity contribution in [2.45, 2.75) is 37.8 Å². The van der Waals surface area contributed by atoms with Gasteiger partial charge >= 0.3 is 0 Å². The summed E-state index contributed by atoms with van der Waals surface area (Å²) in [5, 5.41) is 0. The lowest BCUT2D eigenvalue weighted by molar-refractivity contribution is 0.0448. The molecular formula is C17H18N4O. The summed E-state index contributed by atoms with van der Waals surface area (Å²) in [6.45, 7) is 2.08. The first-order valence-corrected chi connectivity index (χ1v) is 7.56. The smallest absolute Gasteiger partial charge is 0.282 e. The predicted octanol–water partition coefficient (Wildman–Crippen LogP) is 2.10. The first-order chi connectivity index (χ1) is 10.7. The molecule has 2 atom stereocenters. The maximum atomic E-state index is 5.91. The molecular weight excluding hydrogens is 276 g/mol. The van der Waals surface area contributed by atoms with Gasteiger partial charge in [-0.1, -0.05) is 18.2 Å². The van der Waals surface area contributed by atoms with Crippen LogP contribution in [0.25, 0.3) is 11.1 Å². The van der Waals surface area contributed by atoms with Crippen LogP contribution in [0, 0.1) is 0 Å². The summed E-state index contributed by atoms with van der Waals surface area (Å²) in [6, 6.07) is 6.82. The lowest BCUT2D eigenvalue weighted by Crippen LogP contribution is -2.45. The number of aromatic nitrogens is 2. The zero-order valence-corrected chi connectivity index (χ0v) is 12.5. The van der Waals surface area contributed by atoms with Gasteiger partial charge in [-0.2, -0.15) is 0 Å². The highest BCUT2D eigenvalue weighted by Gasteiger charge is 2.46. The molecule has 0 fully saturated rings. The van der Waals surface area contributed by atoms with Gasteiger partial charge in [-0.05, 0) is 36.5 Å². The molecule has 2 aromatic rings. The van der Waals surface area contributed by atoms with E-state index in [0.29, 0.717) is 6.02 Å². The van der Waals surface area contributed by atoms with Crippen molar-refractivity contribution < 1.29 is 4.74 Å². The van der Waals surface area contributed by atoms with E-state index in [4.69, 9.17) is 10.5 Å². The second-order valence-corrected chi connectivity index (χ2v) is 6.06. The molecule has 0 unspecified atom stereocenters. The van der Waals surface area contributed by atoms with E-state index in [9.17, 15) is 0 Å². The highest BCUT2D eigenvalue weighted by Crippen LogP contribution is 2.41. The van der Waals surface area contributed by atoms with Gasteiger partial charge in [-0.25, -0.2) is 15.0 Å². The van der Waals surface area contributed by atoms with Crippen molar-refractivity contribution in [2.75, 3.05) is 0 Å². The quantitative estimate of drug-likeness (QED) is 0.874. The molecule has 5 heteroatoms. The molecule has 1 spiro atoms. The minimum atomic E-state index is -0.275. The topological polar surface area (TPSA) is 73.4 Å². The minimum Gasteiger partial charge on any atom is -0.456 e. The number of aliphatic imine (C=N–C) groups is 1. The van der Waals surface area contributed by atoms with Crippen LogP contribution in [-0.2, 0) is 17.6 Å². The molecule has 0 bridgehead atoms. The van der Waals surface area contributed by atoms with Crippen molar-refractivity contribution in [3.8, 4) is 11.1 Å². The number of benzene rings is 1. The third kappa shape index (κ3) is 1.96. The van der Waals surface area contributed by atoms with Crippen LogP contribution in [0.5, 0.6) is 0 Å². The Balaban J connectivity index is 1.74. The Bertz CT molecular complexity index is 744. The van der Waals surface area contributed by atoms with Crippen molar-refractivity contribution in [3.05, 3.63) is 48.0 Å². The fraction of sp³-hybridized carbons (Fsp3) is 0.353. The van der Waals surface area contributed by atoms with Gasteiger partial charge in [0.1, 0.15) is 11.9 Å². The first kappa shape index (κ1) is 13.2. The van der Waals surface area contributed by atoms with Crippen LogP contribution < -0.4 is 5.73 Å². The number of hydrogen-bond donors (Lipinski definition) is 1. The van der Waals surface area contributed by atoms with E-state index in [1.165, 1.54) is 16.7 Å². The summed E-state index contributed by atoms with van der Waals surface area (Å²) in [7, 11) is 0. The molecule has 1 aliphatic carbocycles. The summed E-state index contributed by atoms with van der Waals surface area (Å²) < 4.78 is 5.91. The molecule has 1 aromatic carbocycles. The lowest BCUT2D eigenvalue weighted by Gasteiger charge is -2.37. The van der Waals surface area contributed by atoms with Gasteiger partial charge in [0, 0.05) is 24.4 Å². The molecule has 0 saturated heterocycles. The Morgan fingerprint density at radius 3 is 2.82 bits per heavy atom. The van der Waals surface area contributed by atoms with Crippen molar-refractivity contribution in [1.82, 2.24) is 9.97 Å². The van der Waals surface area contributed by atoms with Gasteiger partial charge in [-0.15, -0.1) is 0 Å². The fourth-order valence-electron chi connectivity index (χ4n) is 3.62. The van der Waals surface area contributed by atoms with E-state index in [2.05, 4.69) is 40.1 Å². The second kappa shape index (κ2) is 4.80. The van der Waals surface area contributed by atoms with Crippen LogP contribution >= 0.6 is 0 Å². The van der Waals surface area contributed by atoms with Crippen LogP contribution in [0.15, 0.2) is 41.9 Å². The Hall–Kier alpha value is -2.43. The highest BCUT2D eigenvalue weighted by atomic mass is 16.5. The molecule has 4 rings (SSSR count). The molecule has 5 nitrogen and oxygen atoms in total. The van der Waals surface area contributed by atoms with Gasteiger partial charge in [0.25, 0.3) is 6.02 Å². The average molecular weight is 294 g/mol. The van der Waals surface area contributed by atoms with Crippen LogP contribution in [-0.4, -0.2) is 27.6 Å². The Morgan fingerprint density at radius 1 is 1.27 bits per heavy atom. The number of fused-ring (bicyclic) bond motifs is 1. The van der Waals surface area contributed by atoms with Gasteiger partial charge in [-0.3, -0.25) is 0 Å². The maximum Gasteiger partial charge on any atom is 0.282 e. The standard InChI is InChI=1S/C17H18N4O/c1-11-17(22-16(18)21-11)6-5-15-12(7-17)3-2-4-14(15)13-8-19-10-20-9-13/h2-4,8-11H,5-7H2,1H3,(H2,18,21)/t11-,17+/m0/s1. The average Bonchev–Trinajstić information content (AvgIpc) is 2.80. The summed E-state index contributed by atoms with van der Waals surface area (Å²) in [5.74, 6) is 0. The number of rotatable bonds is 1. The van der Waals surface area contributed by atoms with E-state index in [1.54, 1.807) is 6.33 Å². The van der Waals surface area contributed by atoms with Crippen LogP contribution in [0.4, 0.5) is 0 Å². The van der Waals surface area contributed by atoms with Crippen molar-refractivity contribution in [3.63, 3.8) is 0 Å². The minimum absolute atomic E-state index is 0.101. The normalized spacial score (nSPS) is 26.4. The molecule has 2 N–H and O–H groups in total. The number of nitrogens with two attached hydrogens (primary N) is 1. The van der Waals surface area contributed by atoms with E-state index in [-0.39, 0.29) is 11.6 Å². The molecule has 1 aliphatic heterocycles. The molecule has 2 aliphatic rings. The number of ether oxygens (including phenoxy) is 1. The lowest BCUT2D eigenvalue weighted by atomic mass is 9.75. The monoisotopic (exact) mass is 294 g/mol. The highest BCUT2D eigenvalue weighted by molar-refractivity contribution is 5.75. The van der Waals surface area contributed by atoms with Crippen LogP contribution in [0.1, 0.15) is 24.5 Å². The Labute approximate surface area is 129 Å². The molecule has 1 aromatic heterocycles. The molecule has 112 valence electrons. The van der Waals surface area contributed by atoms with Crippen LogP contribution in [0.2, 0.25) is 0 Å². The van der Waals surface area contributed by atoms with Gasteiger partial charge in [0.15, 0.2) is 0 Å². The molecule has 0 amide bonds. The zero-order valence-electron chi connectivity index (χ0n) is 12.5. The van der Waals surface area contributed by atoms with Gasteiger partial charge < -0.3 is 10.5 Å². The van der Waals surface area contributed by atoms with E-state index in [0.717, 1.165) is 24.8 Å². The second-order valence-electron chi connectivity index (χ2n) is 6.06. The fourth-order valence-corrected chi connectivity index (χ4v) is 3.62. The number of nitrogens with zero attached hydrogens (tertiary/aromatic N) is 3. The molecule has 0 saturated carbocycles. The molecule has 22 heavy (non-hydrogen) atoms.